The van der Waals surface area contributed by atoms with Crippen molar-refractivity contribution in [2.75, 3.05) is 31.1 Å². The van der Waals surface area contributed by atoms with Crippen molar-refractivity contribution in [2.24, 2.45) is 0 Å². The minimum Gasteiger partial charge on any atom is -0.487 e. The number of hydrogen-bond acceptors (Lipinski definition) is 6. The Balaban J connectivity index is 1.24. The maximum atomic E-state index is 13.1. The molecule has 0 aliphatic carbocycles. The lowest BCUT2D eigenvalue weighted by atomic mass is 9.66. The van der Waals surface area contributed by atoms with Crippen LogP contribution in [0.4, 0.5) is 5.69 Å². The molecule has 1 fully saturated rings. The summed E-state index contributed by atoms with van der Waals surface area (Å²) in [4.78, 5) is 36.9. The van der Waals surface area contributed by atoms with Crippen molar-refractivity contribution in [3.8, 4) is 11.8 Å². The Morgan fingerprint density at radius 2 is 1.63 bits per heavy atom. The smallest absolute Gasteiger partial charge is 0.258 e. The van der Waals surface area contributed by atoms with Gasteiger partial charge in [0.15, 0.2) is 0 Å². The number of anilines is 1. The van der Waals surface area contributed by atoms with Gasteiger partial charge in [0, 0.05) is 50.3 Å². The van der Waals surface area contributed by atoms with Gasteiger partial charge in [0.1, 0.15) is 55.1 Å². The van der Waals surface area contributed by atoms with Crippen molar-refractivity contribution >= 4 is 75.7 Å². The van der Waals surface area contributed by atoms with E-state index in [1.165, 1.54) is 0 Å². The number of carbonyl (C=O) groups excluding carboxylic acids is 1. The maximum Gasteiger partial charge on any atom is 0.258 e. The van der Waals surface area contributed by atoms with Gasteiger partial charge in [0.25, 0.3) is 5.56 Å². The summed E-state index contributed by atoms with van der Waals surface area (Å²) in [6.07, 6.45) is 0.433. The molecule has 0 saturated carbocycles. The number of aryl methyl sites for hydroxylation is 1. The van der Waals surface area contributed by atoms with Gasteiger partial charge < -0.3 is 19.5 Å². The first-order valence-electron chi connectivity index (χ1n) is 13.2. The lowest BCUT2D eigenvalue weighted by Gasteiger charge is -2.39. The lowest BCUT2D eigenvalue weighted by molar-refractivity contribution is -0.131. The predicted molar refractivity (Wildman–Crippen MR) is 163 cm³/mol. The van der Waals surface area contributed by atoms with Gasteiger partial charge in [-0.3, -0.25) is 9.59 Å². The first-order valence-corrected chi connectivity index (χ1v) is 13.2. The SMILES string of the molecule is [B]c1c([B])c(N2CCN(C(=O)CCc3nc4c(OCc5ccccc5)cccc4c(=O)[nH]3)CC2)c([B])c([B])c1C#N. The Kier molecular flexibility index (Phi) is 8.25. The van der Waals surface area contributed by atoms with Crippen molar-refractivity contribution in [3.05, 3.63) is 75.8 Å². The van der Waals surface area contributed by atoms with Crippen LogP contribution in [0.1, 0.15) is 23.4 Å². The van der Waals surface area contributed by atoms with Gasteiger partial charge in [0.05, 0.1) is 11.5 Å². The molecular weight excluding hydrogens is 510 g/mol. The molecule has 1 amide bonds. The number of aromatic amines is 1. The van der Waals surface area contributed by atoms with E-state index in [-0.39, 0.29) is 51.7 Å². The fraction of sp³-hybridized carbons (Fsp3) is 0.241. The number of benzene rings is 3. The first kappa shape index (κ1) is 28.2. The molecule has 0 atom stereocenters. The standard InChI is InChI=1S/C29H23B4N5O3/c30-23-19(15-34)24(31)26(33)28(25(23)32)38-13-11-37(12-14-38)22(39)10-9-21-35-27-18(29(40)36-21)7-4-8-20(27)41-16-17-5-2-1-3-6-17/h1-8H,9-14,16H2,(H,35,36,40). The number of H-pyrrole nitrogens is 1. The molecule has 1 N–H and O–H groups in total. The monoisotopic (exact) mass is 533 g/mol. The summed E-state index contributed by atoms with van der Waals surface area (Å²) in [5.41, 5.74) is 2.31. The zero-order valence-electron chi connectivity index (χ0n) is 22.4. The molecule has 0 bridgehead atoms. The molecule has 41 heavy (non-hydrogen) atoms. The number of hydrogen-bond donors (Lipinski definition) is 1. The molecule has 8 nitrogen and oxygen atoms in total. The van der Waals surface area contributed by atoms with Crippen LogP contribution in [-0.4, -0.2) is 78.3 Å². The van der Waals surface area contributed by atoms with E-state index < -0.39 is 0 Å². The molecule has 0 unspecified atom stereocenters. The molecule has 1 aliphatic heterocycles. The third kappa shape index (κ3) is 5.76. The normalized spacial score (nSPS) is 13.2. The number of rotatable bonds is 7. The Morgan fingerprint density at radius 1 is 0.951 bits per heavy atom. The molecule has 8 radical (unpaired) electrons. The van der Waals surface area contributed by atoms with Crippen molar-refractivity contribution in [3.63, 3.8) is 0 Å². The van der Waals surface area contributed by atoms with E-state index in [9.17, 15) is 14.9 Å². The molecule has 12 heteroatoms. The number of para-hydroxylation sites is 1. The van der Waals surface area contributed by atoms with Gasteiger partial charge in [-0.1, -0.05) is 58.2 Å². The van der Waals surface area contributed by atoms with Crippen molar-refractivity contribution < 1.29 is 9.53 Å². The summed E-state index contributed by atoms with van der Waals surface area (Å²) in [5, 5.41) is 9.74. The van der Waals surface area contributed by atoms with Crippen LogP contribution in [0.3, 0.4) is 0 Å². The number of aromatic nitrogens is 2. The van der Waals surface area contributed by atoms with Gasteiger partial charge >= 0.3 is 0 Å². The van der Waals surface area contributed by atoms with E-state index in [2.05, 4.69) is 9.97 Å². The summed E-state index contributed by atoms with van der Waals surface area (Å²) in [7, 11) is 24.4. The van der Waals surface area contributed by atoms with Gasteiger partial charge in [-0.25, -0.2) is 4.98 Å². The van der Waals surface area contributed by atoms with E-state index in [4.69, 9.17) is 36.1 Å². The highest BCUT2D eigenvalue weighted by atomic mass is 16.5. The van der Waals surface area contributed by atoms with E-state index in [1.54, 1.807) is 23.1 Å². The highest BCUT2D eigenvalue weighted by molar-refractivity contribution is 6.60. The second kappa shape index (κ2) is 12.0. The minimum atomic E-state index is -0.285. The van der Waals surface area contributed by atoms with Gasteiger partial charge in [-0.05, 0) is 17.7 Å². The largest absolute Gasteiger partial charge is 0.487 e. The number of nitrogens with zero attached hydrogens (tertiary/aromatic N) is 4. The van der Waals surface area contributed by atoms with Crippen molar-refractivity contribution in [1.29, 1.82) is 5.26 Å². The van der Waals surface area contributed by atoms with Gasteiger partial charge in [0.2, 0.25) is 5.91 Å². The second-order valence-electron chi connectivity index (χ2n) is 9.80. The molecule has 1 aliphatic rings. The molecule has 3 aromatic carbocycles. The summed E-state index contributed by atoms with van der Waals surface area (Å²) in [6.45, 7) is 2.11. The van der Waals surface area contributed by atoms with E-state index in [0.717, 1.165) is 5.56 Å². The Bertz CT molecular complexity index is 1690. The number of fused-ring (bicyclic) bond motifs is 1. The van der Waals surface area contributed by atoms with Crippen LogP contribution in [0.15, 0.2) is 53.3 Å². The number of amides is 1. The number of nitrogens with one attached hydrogen (secondary N) is 1. The average Bonchev–Trinajstić information content (AvgIpc) is 2.99. The molecule has 4 aromatic rings. The van der Waals surface area contributed by atoms with E-state index in [1.807, 2.05) is 41.3 Å². The molecule has 1 saturated heterocycles. The van der Waals surface area contributed by atoms with Gasteiger partial charge in [-0.2, -0.15) is 5.26 Å². The molecule has 1 aromatic heterocycles. The predicted octanol–water partition coefficient (Wildman–Crippen LogP) is -1.17. The molecule has 2 heterocycles. The Labute approximate surface area is 243 Å². The van der Waals surface area contributed by atoms with Crippen LogP contribution in [-0.2, 0) is 17.8 Å². The third-order valence-electron chi connectivity index (χ3n) is 7.25. The van der Waals surface area contributed by atoms with E-state index in [0.29, 0.717) is 61.0 Å². The zero-order chi connectivity index (χ0) is 29.1. The number of piperazine rings is 1. The molecule has 5 rings (SSSR count). The lowest BCUT2D eigenvalue weighted by Crippen LogP contribution is -2.55. The summed E-state index contributed by atoms with van der Waals surface area (Å²) >= 11 is 0. The van der Waals surface area contributed by atoms with Crippen LogP contribution >= 0.6 is 0 Å². The summed E-state index contributed by atoms with van der Waals surface area (Å²) < 4.78 is 5.98. The van der Waals surface area contributed by atoms with Crippen LogP contribution in [0, 0.1) is 11.3 Å². The highest BCUT2D eigenvalue weighted by Crippen LogP contribution is 2.23. The molecular formula is C29H23B4N5O3. The maximum absolute atomic E-state index is 13.1. The molecule has 194 valence electrons. The van der Waals surface area contributed by atoms with Crippen molar-refractivity contribution in [1.82, 2.24) is 14.9 Å². The van der Waals surface area contributed by atoms with Gasteiger partial charge in [-0.15, -0.1) is 0 Å². The van der Waals surface area contributed by atoms with Crippen molar-refractivity contribution in [2.45, 2.75) is 19.4 Å². The fourth-order valence-electron chi connectivity index (χ4n) is 4.99. The third-order valence-corrected chi connectivity index (χ3v) is 7.25. The fourth-order valence-corrected chi connectivity index (χ4v) is 4.99. The molecule has 0 spiro atoms. The number of ether oxygens (including phenoxy) is 1. The number of carbonyl (C=O) groups is 1. The van der Waals surface area contributed by atoms with E-state index >= 15 is 0 Å². The van der Waals surface area contributed by atoms with Crippen LogP contribution < -0.4 is 37.0 Å². The average molecular weight is 533 g/mol. The van der Waals surface area contributed by atoms with Crippen LogP contribution in [0.2, 0.25) is 0 Å². The first-order chi connectivity index (χ1) is 19.8. The Morgan fingerprint density at radius 3 is 2.29 bits per heavy atom. The van der Waals surface area contributed by atoms with Crippen LogP contribution in [0.25, 0.3) is 10.9 Å². The number of nitriles is 1. The highest BCUT2D eigenvalue weighted by Gasteiger charge is 2.24. The summed E-state index contributed by atoms with van der Waals surface area (Å²) in [6, 6.07) is 16.9. The minimum absolute atomic E-state index is 0.0628. The van der Waals surface area contributed by atoms with Crippen LogP contribution in [0.5, 0.6) is 5.75 Å². The summed E-state index contributed by atoms with van der Waals surface area (Å²) in [5.74, 6) is 0.846. The second-order valence-corrected chi connectivity index (χ2v) is 9.80. The quantitative estimate of drug-likeness (QED) is 0.301. The zero-order valence-corrected chi connectivity index (χ0v) is 22.4. The Hall–Kier alpha value is -4.38. The topological polar surface area (TPSA) is 102 Å².